The van der Waals surface area contributed by atoms with Crippen molar-refractivity contribution in [3.8, 4) is 11.1 Å². The van der Waals surface area contributed by atoms with E-state index >= 15 is 0 Å². The number of anilines is 6. The van der Waals surface area contributed by atoms with E-state index in [0.717, 1.165) is 19.3 Å². The molecule has 0 fully saturated rings. The fraction of sp³-hybridized carbons (Fsp3) is 0.390. The van der Waals surface area contributed by atoms with Crippen molar-refractivity contribution in [2.45, 2.75) is 149 Å². The zero-order chi connectivity index (χ0) is 43.9. The van der Waals surface area contributed by atoms with Crippen LogP contribution >= 0.6 is 0 Å². The van der Waals surface area contributed by atoms with Gasteiger partial charge in [-0.15, -0.1) is 0 Å². The summed E-state index contributed by atoms with van der Waals surface area (Å²) in [5.41, 5.74) is 25.0. The van der Waals surface area contributed by atoms with Gasteiger partial charge in [0.05, 0.1) is 0 Å². The summed E-state index contributed by atoms with van der Waals surface area (Å²) < 4.78 is 0. The normalized spacial score (nSPS) is 18.2. The Balaban J connectivity index is 1.37. The lowest BCUT2D eigenvalue weighted by Gasteiger charge is -2.45. The van der Waals surface area contributed by atoms with Crippen LogP contribution in [0.1, 0.15) is 148 Å². The number of hydrogen-bond donors (Lipinski definition) is 0. The number of aryl methyl sites for hydroxylation is 2. The van der Waals surface area contributed by atoms with E-state index in [4.69, 9.17) is 0 Å². The molecule has 0 atom stereocenters. The summed E-state index contributed by atoms with van der Waals surface area (Å²) in [6, 6.07) is 43.3. The molecule has 62 heavy (non-hydrogen) atoms. The van der Waals surface area contributed by atoms with Crippen LogP contribution in [0.25, 0.3) is 11.1 Å². The summed E-state index contributed by atoms with van der Waals surface area (Å²) >= 11 is 0. The Hall–Kier alpha value is -5.02. The van der Waals surface area contributed by atoms with E-state index < -0.39 is 0 Å². The highest BCUT2D eigenvalue weighted by molar-refractivity contribution is 7.00. The average molecular weight is 815 g/mol. The van der Waals surface area contributed by atoms with Gasteiger partial charge in [-0.2, -0.15) is 0 Å². The van der Waals surface area contributed by atoms with Crippen molar-refractivity contribution in [1.82, 2.24) is 0 Å². The second-order valence-corrected chi connectivity index (χ2v) is 23.2. The molecule has 0 unspecified atom stereocenters. The van der Waals surface area contributed by atoms with E-state index in [1.165, 1.54) is 91.2 Å². The van der Waals surface area contributed by atoms with Crippen LogP contribution in [0.5, 0.6) is 0 Å². The maximum Gasteiger partial charge on any atom is 0.252 e. The fourth-order valence-electron chi connectivity index (χ4n) is 13.1. The Kier molecular flexibility index (Phi) is 9.09. The minimum atomic E-state index is 0.00442. The maximum atomic E-state index is 2.67. The van der Waals surface area contributed by atoms with Gasteiger partial charge < -0.3 is 9.80 Å². The lowest BCUT2D eigenvalue weighted by atomic mass is 9.33. The summed E-state index contributed by atoms with van der Waals surface area (Å²) in [4.78, 5) is 5.24. The first-order valence-electron chi connectivity index (χ1n) is 23.6. The van der Waals surface area contributed by atoms with E-state index in [0.29, 0.717) is 0 Å². The molecule has 6 aromatic rings. The first kappa shape index (κ1) is 41.0. The highest BCUT2D eigenvalue weighted by Gasteiger charge is 2.52. The highest BCUT2D eigenvalue weighted by Crippen LogP contribution is 2.61. The highest BCUT2D eigenvalue weighted by atomic mass is 15.2. The van der Waals surface area contributed by atoms with Gasteiger partial charge in [-0.3, -0.25) is 0 Å². The second-order valence-electron chi connectivity index (χ2n) is 23.2. The Morgan fingerprint density at radius 3 is 1.65 bits per heavy atom. The standard InChI is InChI=1S/C59H67BN2/c1-14-15-19-38-23-26-42(27-24-38)62-47-28-22-37(2)30-45(47)60-46-33-40(55(3,4)5)25-29-48(46)61(41-20-17-16-18-21-41)49-31-39(32-50(62)54(49)60)51-52-43(56(6,7)35-58(52,10)11)34-44-53(51)59(12,13)36-57(44,8)9/h16-18,20-34H,14-15,19,35-36H2,1-13H3. The molecule has 2 aliphatic carbocycles. The summed E-state index contributed by atoms with van der Waals surface area (Å²) in [5, 5.41) is 0. The lowest BCUT2D eigenvalue weighted by Crippen LogP contribution is -2.61. The molecule has 0 N–H and O–H groups in total. The van der Waals surface area contributed by atoms with Gasteiger partial charge in [0.1, 0.15) is 0 Å². The summed E-state index contributed by atoms with van der Waals surface area (Å²) in [6.07, 6.45) is 5.79. The molecule has 10 rings (SSSR count). The Morgan fingerprint density at radius 2 is 1.10 bits per heavy atom. The van der Waals surface area contributed by atoms with Crippen LogP contribution in [-0.4, -0.2) is 6.71 Å². The van der Waals surface area contributed by atoms with E-state index in [-0.39, 0.29) is 33.8 Å². The van der Waals surface area contributed by atoms with Crippen LogP contribution < -0.4 is 26.2 Å². The molecule has 0 radical (unpaired) electrons. The van der Waals surface area contributed by atoms with Gasteiger partial charge in [0.25, 0.3) is 6.71 Å². The van der Waals surface area contributed by atoms with Crippen molar-refractivity contribution >= 4 is 57.2 Å². The van der Waals surface area contributed by atoms with Crippen LogP contribution in [0.2, 0.25) is 0 Å². The molecule has 4 aliphatic rings. The second kappa shape index (κ2) is 13.7. The number of para-hydroxylation sites is 1. The number of fused-ring (bicyclic) bond motifs is 6. The molecular weight excluding hydrogens is 747 g/mol. The summed E-state index contributed by atoms with van der Waals surface area (Å²) in [7, 11) is 0. The van der Waals surface area contributed by atoms with E-state index in [9.17, 15) is 0 Å². The molecule has 0 spiro atoms. The van der Waals surface area contributed by atoms with Crippen molar-refractivity contribution in [2.75, 3.05) is 9.80 Å². The van der Waals surface area contributed by atoms with E-state index in [2.05, 4.69) is 209 Å². The molecule has 0 saturated carbocycles. The zero-order valence-corrected chi connectivity index (χ0v) is 39.9. The van der Waals surface area contributed by atoms with E-state index in [1.54, 1.807) is 22.3 Å². The van der Waals surface area contributed by atoms with Crippen molar-refractivity contribution in [2.24, 2.45) is 0 Å². The minimum absolute atomic E-state index is 0.00442. The van der Waals surface area contributed by atoms with Gasteiger partial charge >= 0.3 is 0 Å². The topological polar surface area (TPSA) is 6.48 Å². The lowest BCUT2D eigenvalue weighted by molar-refractivity contribution is 0.396. The van der Waals surface area contributed by atoms with Crippen LogP contribution in [0.3, 0.4) is 0 Å². The molecule has 2 nitrogen and oxygen atoms in total. The smallest absolute Gasteiger partial charge is 0.252 e. The minimum Gasteiger partial charge on any atom is -0.311 e. The van der Waals surface area contributed by atoms with Crippen LogP contribution in [0, 0.1) is 6.92 Å². The summed E-state index contributed by atoms with van der Waals surface area (Å²) in [5.74, 6) is 0. The molecule has 6 aromatic carbocycles. The van der Waals surface area contributed by atoms with Crippen LogP contribution in [-0.2, 0) is 33.5 Å². The number of rotatable bonds is 6. The van der Waals surface area contributed by atoms with Gasteiger partial charge in [-0.25, -0.2) is 0 Å². The van der Waals surface area contributed by atoms with Gasteiger partial charge in [-0.1, -0.05) is 156 Å². The third-order valence-electron chi connectivity index (χ3n) is 15.3. The predicted molar refractivity (Wildman–Crippen MR) is 269 cm³/mol. The van der Waals surface area contributed by atoms with Crippen molar-refractivity contribution < 1.29 is 0 Å². The molecule has 316 valence electrons. The largest absolute Gasteiger partial charge is 0.311 e. The van der Waals surface area contributed by atoms with Gasteiger partial charge in [0.15, 0.2) is 0 Å². The molecule has 0 saturated heterocycles. The molecule has 0 aromatic heterocycles. The maximum absolute atomic E-state index is 2.67. The monoisotopic (exact) mass is 815 g/mol. The van der Waals surface area contributed by atoms with Gasteiger partial charge in [-0.05, 0) is 169 Å². The van der Waals surface area contributed by atoms with Crippen LogP contribution in [0.4, 0.5) is 34.1 Å². The van der Waals surface area contributed by atoms with Gasteiger partial charge in [0, 0.05) is 34.1 Å². The molecule has 2 heterocycles. The fourth-order valence-corrected chi connectivity index (χ4v) is 13.1. The first-order valence-corrected chi connectivity index (χ1v) is 23.6. The van der Waals surface area contributed by atoms with Gasteiger partial charge in [0.2, 0.25) is 0 Å². The van der Waals surface area contributed by atoms with Crippen molar-refractivity contribution in [1.29, 1.82) is 0 Å². The third-order valence-corrected chi connectivity index (χ3v) is 15.3. The quantitative estimate of drug-likeness (QED) is 0.154. The van der Waals surface area contributed by atoms with E-state index in [1.807, 2.05) is 0 Å². The van der Waals surface area contributed by atoms with Crippen molar-refractivity contribution in [3.63, 3.8) is 0 Å². The predicted octanol–water partition coefficient (Wildman–Crippen LogP) is 14.3. The molecule has 0 bridgehead atoms. The molecular formula is C59H67BN2. The number of hydrogen-bond acceptors (Lipinski definition) is 2. The molecule has 3 heteroatoms. The number of nitrogens with zero attached hydrogens (tertiary/aromatic N) is 2. The molecule has 2 aliphatic heterocycles. The Bertz CT molecular complexity index is 2730. The average Bonchev–Trinajstić information content (AvgIpc) is 3.53. The zero-order valence-electron chi connectivity index (χ0n) is 39.9. The SMILES string of the molecule is CCCCc1ccc(N2c3ccc(C)cc3B3c4cc(C(C)(C)C)ccc4N(c4ccccc4)c4cc(-c5c6c(cc7c5C(C)(C)CC7(C)C)C(C)(C)CC6(C)C)cc2c43)cc1. The number of unbranched alkanes of at least 4 members (excludes halogenated alkanes) is 1. The molecule has 0 amide bonds. The summed E-state index contributed by atoms with van der Waals surface area (Å²) in [6.45, 7) is 31.7. The Labute approximate surface area is 373 Å². The van der Waals surface area contributed by atoms with Crippen LogP contribution in [0.15, 0.2) is 109 Å². The Morgan fingerprint density at radius 1 is 0.565 bits per heavy atom. The first-order chi connectivity index (χ1) is 29.2. The third kappa shape index (κ3) is 6.18. The van der Waals surface area contributed by atoms with Crippen molar-refractivity contribution in [3.05, 3.63) is 148 Å². The number of benzene rings is 6.